The lowest BCUT2D eigenvalue weighted by Gasteiger charge is -2.22. The van der Waals surface area contributed by atoms with Gasteiger partial charge in [0.05, 0.1) is 0 Å². The predicted molar refractivity (Wildman–Crippen MR) is 112 cm³/mol. The molecule has 1 heteroatoms. The van der Waals surface area contributed by atoms with E-state index in [9.17, 15) is 0 Å². The quantitative estimate of drug-likeness (QED) is 0.217. The van der Waals surface area contributed by atoms with Crippen LogP contribution in [-0.4, -0.2) is 25.0 Å². The van der Waals surface area contributed by atoms with Crippen molar-refractivity contribution in [1.29, 1.82) is 0 Å². The van der Waals surface area contributed by atoms with Crippen molar-refractivity contribution < 1.29 is 0 Å². The van der Waals surface area contributed by atoms with Gasteiger partial charge in [0, 0.05) is 6.04 Å². The summed E-state index contributed by atoms with van der Waals surface area (Å²) in [5, 5.41) is 0. The molecular weight excluding hydrogens is 290 g/mol. The molecule has 0 saturated heterocycles. The molecule has 1 radical (unpaired) electrons. The fraction of sp³-hybridized carbons (Fsp3) is 0.957. The first-order valence-electron chi connectivity index (χ1n) is 11.2. The van der Waals surface area contributed by atoms with Crippen molar-refractivity contribution in [3.05, 3.63) is 6.92 Å². The summed E-state index contributed by atoms with van der Waals surface area (Å²) in [6, 6.07) is 0.691. The summed E-state index contributed by atoms with van der Waals surface area (Å²) in [7, 11) is 4.37. The van der Waals surface area contributed by atoms with Gasteiger partial charge in [0.2, 0.25) is 0 Å². The van der Waals surface area contributed by atoms with Gasteiger partial charge in [-0.2, -0.15) is 0 Å². The van der Waals surface area contributed by atoms with Crippen molar-refractivity contribution in [1.82, 2.24) is 4.90 Å². The second-order valence-corrected chi connectivity index (χ2v) is 8.00. The van der Waals surface area contributed by atoms with E-state index in [-0.39, 0.29) is 0 Å². The molecule has 0 heterocycles. The van der Waals surface area contributed by atoms with Gasteiger partial charge >= 0.3 is 0 Å². The maximum atomic E-state index is 4.06. The van der Waals surface area contributed by atoms with E-state index >= 15 is 0 Å². The lowest BCUT2D eigenvalue weighted by molar-refractivity contribution is 0.272. The van der Waals surface area contributed by atoms with Crippen LogP contribution < -0.4 is 0 Å². The summed E-state index contributed by atoms with van der Waals surface area (Å²) in [6.07, 6.45) is 25.6. The summed E-state index contributed by atoms with van der Waals surface area (Å²) >= 11 is 0. The van der Waals surface area contributed by atoms with Crippen LogP contribution in [0.15, 0.2) is 0 Å². The Morgan fingerprint density at radius 3 is 1.21 bits per heavy atom. The lowest BCUT2D eigenvalue weighted by Crippen LogP contribution is -2.26. The first-order chi connectivity index (χ1) is 11.7. The molecule has 0 rings (SSSR count). The van der Waals surface area contributed by atoms with E-state index in [0.29, 0.717) is 6.04 Å². The van der Waals surface area contributed by atoms with Gasteiger partial charge < -0.3 is 4.90 Å². The fourth-order valence-corrected chi connectivity index (χ4v) is 3.59. The highest BCUT2D eigenvalue weighted by Gasteiger charge is 2.07. The van der Waals surface area contributed by atoms with E-state index in [1.54, 1.807) is 0 Å². The number of nitrogens with zero attached hydrogens (tertiary/aromatic N) is 1. The molecule has 0 aliphatic rings. The number of hydrogen-bond donors (Lipinski definition) is 0. The Labute approximate surface area is 155 Å². The summed E-state index contributed by atoms with van der Waals surface area (Å²) in [5.74, 6) is 0. The normalized spacial score (nSPS) is 12.9. The molecule has 0 aromatic heterocycles. The van der Waals surface area contributed by atoms with Gasteiger partial charge in [-0.3, -0.25) is 0 Å². The second kappa shape index (κ2) is 19.3. The largest absolute Gasteiger partial charge is 0.306 e. The molecule has 0 N–H and O–H groups in total. The third-order valence-corrected chi connectivity index (χ3v) is 5.45. The summed E-state index contributed by atoms with van der Waals surface area (Å²) in [6.45, 7) is 6.35. The monoisotopic (exact) mass is 338 g/mol. The Balaban J connectivity index is 3.10. The van der Waals surface area contributed by atoms with Crippen molar-refractivity contribution in [3.63, 3.8) is 0 Å². The van der Waals surface area contributed by atoms with Gasteiger partial charge in [-0.1, -0.05) is 117 Å². The Hall–Kier alpha value is -0.0400. The van der Waals surface area contributed by atoms with Crippen LogP contribution in [0.5, 0.6) is 0 Å². The van der Waals surface area contributed by atoms with Crippen LogP contribution in [0.3, 0.4) is 0 Å². The molecule has 0 spiro atoms. The first kappa shape index (κ1) is 24.0. The van der Waals surface area contributed by atoms with E-state index in [4.69, 9.17) is 0 Å². The number of rotatable bonds is 19. The molecule has 0 aromatic carbocycles. The van der Waals surface area contributed by atoms with Crippen LogP contribution in [0.25, 0.3) is 0 Å². The molecule has 0 aromatic rings. The topological polar surface area (TPSA) is 3.24 Å². The minimum Gasteiger partial charge on any atom is -0.306 e. The smallest absolute Gasteiger partial charge is 0.00891 e. The van der Waals surface area contributed by atoms with Crippen molar-refractivity contribution in [3.8, 4) is 0 Å². The van der Waals surface area contributed by atoms with Crippen LogP contribution in [0, 0.1) is 6.92 Å². The SMILES string of the molecule is [CH2]CC(CCCCCCCCCCCCCCCCCC)N(C)C. The Morgan fingerprint density at radius 2 is 0.917 bits per heavy atom. The zero-order valence-corrected chi connectivity index (χ0v) is 17.5. The molecule has 0 fully saturated rings. The van der Waals surface area contributed by atoms with Gasteiger partial charge in [0.1, 0.15) is 0 Å². The summed E-state index contributed by atoms with van der Waals surface area (Å²) in [5.41, 5.74) is 0. The van der Waals surface area contributed by atoms with E-state index in [1.807, 2.05) is 0 Å². The summed E-state index contributed by atoms with van der Waals surface area (Å²) < 4.78 is 0. The van der Waals surface area contributed by atoms with Crippen LogP contribution in [0.2, 0.25) is 0 Å². The molecule has 0 bridgehead atoms. The third kappa shape index (κ3) is 16.8. The number of unbranched alkanes of at least 4 members (excludes halogenated alkanes) is 15. The van der Waals surface area contributed by atoms with Crippen molar-refractivity contribution in [2.45, 2.75) is 129 Å². The van der Waals surface area contributed by atoms with Crippen LogP contribution in [0.1, 0.15) is 122 Å². The van der Waals surface area contributed by atoms with Gasteiger partial charge in [0.15, 0.2) is 0 Å². The first-order valence-corrected chi connectivity index (χ1v) is 11.2. The van der Waals surface area contributed by atoms with Crippen molar-refractivity contribution in [2.75, 3.05) is 14.1 Å². The molecule has 1 unspecified atom stereocenters. The molecule has 1 atom stereocenters. The maximum absolute atomic E-state index is 4.06. The van der Waals surface area contributed by atoms with Gasteiger partial charge in [0.25, 0.3) is 0 Å². The number of hydrogen-bond acceptors (Lipinski definition) is 1. The Kier molecular flexibility index (Phi) is 19.3. The molecule has 1 nitrogen and oxygen atoms in total. The Bertz CT molecular complexity index is 224. The van der Waals surface area contributed by atoms with Crippen molar-refractivity contribution in [2.24, 2.45) is 0 Å². The highest BCUT2D eigenvalue weighted by molar-refractivity contribution is 4.67. The second-order valence-electron chi connectivity index (χ2n) is 8.00. The molecule has 145 valence electrons. The molecule has 0 saturated carbocycles. The molecular formula is C23H48N. The fourth-order valence-electron chi connectivity index (χ4n) is 3.59. The van der Waals surface area contributed by atoms with Gasteiger partial charge in [-0.15, -0.1) is 0 Å². The maximum Gasteiger partial charge on any atom is 0.00891 e. The Morgan fingerprint density at radius 1 is 0.583 bits per heavy atom. The van der Waals surface area contributed by atoms with Crippen LogP contribution >= 0.6 is 0 Å². The zero-order chi connectivity index (χ0) is 17.9. The predicted octanol–water partition coefficient (Wildman–Crippen LogP) is 7.79. The van der Waals surface area contributed by atoms with E-state index in [0.717, 1.165) is 6.42 Å². The van der Waals surface area contributed by atoms with Crippen molar-refractivity contribution >= 4 is 0 Å². The van der Waals surface area contributed by atoms with Crippen LogP contribution in [0.4, 0.5) is 0 Å². The van der Waals surface area contributed by atoms with E-state index in [1.165, 1.54) is 109 Å². The van der Waals surface area contributed by atoms with E-state index in [2.05, 4.69) is 32.8 Å². The third-order valence-electron chi connectivity index (χ3n) is 5.45. The highest BCUT2D eigenvalue weighted by atomic mass is 15.1. The average Bonchev–Trinajstić information content (AvgIpc) is 2.57. The standard InChI is InChI=1S/C23H48N/c1-5-7-8-9-10-11-12-13-14-15-16-17-18-19-20-21-22-23(6-2)24(3)4/h23H,2,5-22H2,1,3-4H3. The van der Waals surface area contributed by atoms with Crippen LogP contribution in [-0.2, 0) is 0 Å². The summed E-state index contributed by atoms with van der Waals surface area (Å²) in [4.78, 5) is 2.33. The molecule has 0 amide bonds. The van der Waals surface area contributed by atoms with E-state index < -0.39 is 0 Å². The minimum atomic E-state index is 0.691. The molecule has 0 aliphatic carbocycles. The molecule has 24 heavy (non-hydrogen) atoms. The highest BCUT2D eigenvalue weighted by Crippen LogP contribution is 2.15. The zero-order valence-electron chi connectivity index (χ0n) is 17.5. The van der Waals surface area contributed by atoms with Gasteiger partial charge in [-0.05, 0) is 26.9 Å². The average molecular weight is 339 g/mol. The lowest BCUT2D eigenvalue weighted by atomic mass is 10.0. The molecule has 0 aliphatic heterocycles. The van der Waals surface area contributed by atoms with Gasteiger partial charge in [-0.25, -0.2) is 0 Å². The minimum absolute atomic E-state index is 0.691.